The van der Waals surface area contributed by atoms with Crippen molar-refractivity contribution < 1.29 is 9.90 Å². The molecule has 0 saturated carbocycles. The van der Waals surface area contributed by atoms with Gasteiger partial charge in [0.05, 0.1) is 0 Å². The highest BCUT2D eigenvalue weighted by Crippen LogP contribution is 2.21. The van der Waals surface area contributed by atoms with Crippen molar-refractivity contribution in [2.75, 3.05) is 0 Å². The van der Waals surface area contributed by atoms with E-state index in [1.54, 1.807) is 0 Å². The summed E-state index contributed by atoms with van der Waals surface area (Å²) in [6.45, 7) is 5.35. The van der Waals surface area contributed by atoms with Crippen LogP contribution >= 0.6 is 0 Å². The molecule has 96 valence electrons. The number of hydrogen-bond acceptors (Lipinski definition) is 2. The molecule has 0 radical (unpaired) electrons. The summed E-state index contributed by atoms with van der Waals surface area (Å²) in [5.41, 5.74) is 1.80. The SMILES string of the molecule is Cc1[nH]c2ccccc2c1CNC(=O)C(C)(C)O. The third-order valence-electron chi connectivity index (χ3n) is 3.01. The number of para-hydroxylation sites is 1. The van der Waals surface area contributed by atoms with Gasteiger partial charge in [-0.2, -0.15) is 0 Å². The first-order valence-electron chi connectivity index (χ1n) is 5.96. The molecular weight excluding hydrogens is 228 g/mol. The van der Waals surface area contributed by atoms with E-state index in [2.05, 4.69) is 10.3 Å². The molecule has 0 aliphatic heterocycles. The molecule has 0 spiro atoms. The number of aryl methyl sites for hydroxylation is 1. The van der Waals surface area contributed by atoms with Crippen LogP contribution in [0.25, 0.3) is 10.9 Å². The number of aromatic amines is 1. The van der Waals surface area contributed by atoms with E-state index in [9.17, 15) is 9.90 Å². The lowest BCUT2D eigenvalue weighted by molar-refractivity contribution is -0.136. The number of aromatic nitrogens is 1. The molecule has 2 aromatic rings. The molecule has 0 aliphatic carbocycles. The highest BCUT2D eigenvalue weighted by Gasteiger charge is 2.23. The number of nitrogens with one attached hydrogen (secondary N) is 2. The van der Waals surface area contributed by atoms with Crippen LogP contribution in [0.15, 0.2) is 24.3 Å². The van der Waals surface area contributed by atoms with Gasteiger partial charge in [-0.25, -0.2) is 0 Å². The zero-order valence-corrected chi connectivity index (χ0v) is 10.9. The fraction of sp³-hybridized carbons (Fsp3) is 0.357. The van der Waals surface area contributed by atoms with Gasteiger partial charge in [0.2, 0.25) is 0 Å². The number of hydrogen-bond donors (Lipinski definition) is 3. The van der Waals surface area contributed by atoms with Crippen LogP contribution in [0.3, 0.4) is 0 Å². The van der Waals surface area contributed by atoms with Crippen molar-refractivity contribution in [3.8, 4) is 0 Å². The van der Waals surface area contributed by atoms with E-state index in [1.807, 2.05) is 31.2 Å². The predicted octanol–water partition coefficient (Wildman–Crippen LogP) is 1.86. The van der Waals surface area contributed by atoms with Crippen LogP contribution in [0, 0.1) is 6.92 Å². The molecule has 2 rings (SSSR count). The fourth-order valence-electron chi connectivity index (χ4n) is 1.95. The molecule has 0 saturated heterocycles. The van der Waals surface area contributed by atoms with Gasteiger partial charge in [-0.1, -0.05) is 18.2 Å². The average molecular weight is 246 g/mol. The Labute approximate surface area is 106 Å². The molecule has 4 heteroatoms. The molecule has 4 nitrogen and oxygen atoms in total. The van der Waals surface area contributed by atoms with E-state index in [4.69, 9.17) is 0 Å². The molecule has 0 unspecified atom stereocenters. The van der Waals surface area contributed by atoms with E-state index in [0.29, 0.717) is 6.54 Å². The average Bonchev–Trinajstić information content (AvgIpc) is 2.60. The van der Waals surface area contributed by atoms with Crippen LogP contribution in [-0.4, -0.2) is 21.6 Å². The van der Waals surface area contributed by atoms with Crippen LogP contribution in [0.5, 0.6) is 0 Å². The number of fused-ring (bicyclic) bond motifs is 1. The second kappa shape index (κ2) is 4.46. The summed E-state index contributed by atoms with van der Waals surface area (Å²) in [4.78, 5) is 14.9. The van der Waals surface area contributed by atoms with Gasteiger partial charge in [0.15, 0.2) is 0 Å². The Bertz CT molecular complexity index is 579. The van der Waals surface area contributed by atoms with Crippen LogP contribution < -0.4 is 5.32 Å². The van der Waals surface area contributed by atoms with Crippen LogP contribution in [0.2, 0.25) is 0 Å². The lowest BCUT2D eigenvalue weighted by Gasteiger charge is -2.16. The Balaban J connectivity index is 2.22. The van der Waals surface area contributed by atoms with Crippen LogP contribution in [0.1, 0.15) is 25.1 Å². The normalized spacial score (nSPS) is 11.8. The first-order chi connectivity index (χ1) is 8.39. The number of H-pyrrole nitrogens is 1. The third kappa shape index (κ3) is 2.38. The molecule has 0 bridgehead atoms. The molecule has 18 heavy (non-hydrogen) atoms. The number of benzene rings is 1. The van der Waals surface area contributed by atoms with Gasteiger partial charge in [-0.05, 0) is 32.4 Å². The second-order valence-corrected chi connectivity index (χ2v) is 5.02. The molecule has 0 fully saturated rings. The zero-order chi connectivity index (χ0) is 13.3. The maximum Gasteiger partial charge on any atom is 0.251 e. The van der Waals surface area contributed by atoms with Crippen LogP contribution in [0.4, 0.5) is 0 Å². The highest BCUT2D eigenvalue weighted by molar-refractivity contribution is 5.87. The predicted molar refractivity (Wildman–Crippen MR) is 71.2 cm³/mol. The summed E-state index contributed by atoms with van der Waals surface area (Å²) in [7, 11) is 0. The Morgan fingerprint density at radius 2 is 2.06 bits per heavy atom. The minimum absolute atomic E-state index is 0.368. The van der Waals surface area contributed by atoms with Gasteiger partial charge < -0.3 is 15.4 Å². The molecular formula is C14H18N2O2. The summed E-state index contributed by atoms with van der Waals surface area (Å²) in [5, 5.41) is 13.4. The molecule has 0 aliphatic rings. The van der Waals surface area contributed by atoms with E-state index in [-0.39, 0.29) is 5.91 Å². The van der Waals surface area contributed by atoms with Gasteiger partial charge in [0, 0.05) is 23.1 Å². The summed E-state index contributed by atoms with van der Waals surface area (Å²) < 4.78 is 0. The van der Waals surface area contributed by atoms with Crippen molar-refractivity contribution in [1.29, 1.82) is 0 Å². The van der Waals surface area contributed by atoms with Crippen molar-refractivity contribution in [2.24, 2.45) is 0 Å². The monoisotopic (exact) mass is 246 g/mol. The number of aliphatic hydroxyl groups is 1. The van der Waals surface area contributed by atoms with E-state index >= 15 is 0 Å². The van der Waals surface area contributed by atoms with Gasteiger partial charge in [0.1, 0.15) is 5.60 Å². The van der Waals surface area contributed by atoms with Crippen molar-refractivity contribution >= 4 is 16.8 Å². The number of amides is 1. The minimum Gasteiger partial charge on any atom is -0.381 e. The van der Waals surface area contributed by atoms with Crippen molar-refractivity contribution in [1.82, 2.24) is 10.3 Å². The van der Waals surface area contributed by atoms with E-state index in [1.165, 1.54) is 13.8 Å². The molecule has 3 N–H and O–H groups in total. The lowest BCUT2D eigenvalue weighted by Crippen LogP contribution is -2.41. The van der Waals surface area contributed by atoms with E-state index in [0.717, 1.165) is 22.2 Å². The van der Waals surface area contributed by atoms with Crippen LogP contribution in [-0.2, 0) is 11.3 Å². The largest absolute Gasteiger partial charge is 0.381 e. The third-order valence-corrected chi connectivity index (χ3v) is 3.01. The molecule has 1 heterocycles. The Kier molecular flexibility index (Phi) is 3.13. The smallest absolute Gasteiger partial charge is 0.251 e. The summed E-state index contributed by atoms with van der Waals surface area (Å²) in [6.07, 6.45) is 0. The molecule has 1 amide bonds. The van der Waals surface area contributed by atoms with Gasteiger partial charge in [-0.15, -0.1) is 0 Å². The summed E-state index contributed by atoms with van der Waals surface area (Å²) in [6, 6.07) is 7.96. The minimum atomic E-state index is -1.35. The number of carbonyl (C=O) groups is 1. The summed E-state index contributed by atoms with van der Waals surface area (Å²) >= 11 is 0. The first-order valence-corrected chi connectivity index (χ1v) is 5.96. The standard InChI is InChI=1S/C14H18N2O2/c1-9-11(8-15-13(17)14(2,3)18)10-6-4-5-7-12(10)16-9/h4-7,16,18H,8H2,1-3H3,(H,15,17). The maximum absolute atomic E-state index is 11.6. The highest BCUT2D eigenvalue weighted by atomic mass is 16.3. The number of rotatable bonds is 3. The zero-order valence-electron chi connectivity index (χ0n) is 10.9. The molecule has 0 atom stereocenters. The summed E-state index contributed by atoms with van der Waals surface area (Å²) in [5.74, 6) is -0.368. The Morgan fingerprint density at radius 1 is 1.39 bits per heavy atom. The fourth-order valence-corrected chi connectivity index (χ4v) is 1.95. The second-order valence-electron chi connectivity index (χ2n) is 5.02. The van der Waals surface area contributed by atoms with Crippen molar-refractivity contribution in [3.63, 3.8) is 0 Å². The van der Waals surface area contributed by atoms with Crippen molar-refractivity contribution in [2.45, 2.75) is 32.9 Å². The number of carbonyl (C=O) groups excluding carboxylic acids is 1. The van der Waals surface area contributed by atoms with Gasteiger partial charge in [0.25, 0.3) is 5.91 Å². The van der Waals surface area contributed by atoms with Gasteiger partial charge in [-0.3, -0.25) is 4.79 Å². The van der Waals surface area contributed by atoms with E-state index < -0.39 is 5.60 Å². The topological polar surface area (TPSA) is 65.1 Å². The lowest BCUT2D eigenvalue weighted by atomic mass is 10.1. The van der Waals surface area contributed by atoms with Crippen molar-refractivity contribution in [3.05, 3.63) is 35.5 Å². The maximum atomic E-state index is 11.6. The Morgan fingerprint density at radius 3 is 2.72 bits per heavy atom. The quantitative estimate of drug-likeness (QED) is 0.774. The van der Waals surface area contributed by atoms with Gasteiger partial charge >= 0.3 is 0 Å². The Hall–Kier alpha value is -1.81. The molecule has 1 aromatic heterocycles. The molecule has 1 aromatic carbocycles. The first kappa shape index (κ1) is 12.6.